The zero-order chi connectivity index (χ0) is 29.1. The van der Waals surface area contributed by atoms with Crippen molar-refractivity contribution in [1.29, 1.82) is 0 Å². The molecule has 1 unspecified atom stereocenters. The van der Waals surface area contributed by atoms with Gasteiger partial charge in [-0.05, 0) is 92.5 Å². The monoisotopic (exact) mass is 545 g/mol. The van der Waals surface area contributed by atoms with Crippen LogP contribution in [0.3, 0.4) is 0 Å². The average Bonchev–Trinajstić information content (AvgIpc) is 2.94. The molecule has 0 radical (unpaired) electrons. The molecule has 0 aliphatic heterocycles. The van der Waals surface area contributed by atoms with Crippen molar-refractivity contribution in [2.75, 3.05) is 18.5 Å². The Hall–Kier alpha value is -3.80. The number of anilines is 1. The van der Waals surface area contributed by atoms with E-state index >= 15 is 0 Å². The molecule has 0 aliphatic carbocycles. The Morgan fingerprint density at radius 3 is 2.27 bits per heavy atom. The second-order valence-electron chi connectivity index (χ2n) is 10.4. The van der Waals surface area contributed by atoms with Gasteiger partial charge >= 0.3 is 5.97 Å². The summed E-state index contributed by atoms with van der Waals surface area (Å²) < 4.78 is 17.3. The van der Waals surface area contributed by atoms with Gasteiger partial charge in [0.1, 0.15) is 17.6 Å². The molecule has 0 heterocycles. The molecule has 0 bridgehead atoms. The first-order valence-electron chi connectivity index (χ1n) is 14.3. The van der Waals surface area contributed by atoms with E-state index in [1.165, 1.54) is 5.56 Å². The summed E-state index contributed by atoms with van der Waals surface area (Å²) in [7, 11) is 0. The number of benzene rings is 3. The minimum Gasteiger partial charge on any atom is -0.493 e. The Balaban J connectivity index is 1.67. The second-order valence-corrected chi connectivity index (χ2v) is 10.4. The van der Waals surface area contributed by atoms with Crippen molar-refractivity contribution in [2.24, 2.45) is 5.92 Å². The van der Waals surface area contributed by atoms with Crippen molar-refractivity contribution >= 4 is 17.6 Å². The minimum absolute atomic E-state index is 0.0560. The Labute approximate surface area is 239 Å². The van der Waals surface area contributed by atoms with Crippen LogP contribution in [-0.2, 0) is 16.0 Å². The van der Waals surface area contributed by atoms with E-state index in [0.717, 1.165) is 41.0 Å². The maximum atomic E-state index is 13.2. The van der Waals surface area contributed by atoms with Gasteiger partial charge in [-0.25, -0.2) is 0 Å². The van der Waals surface area contributed by atoms with Crippen molar-refractivity contribution in [3.05, 3.63) is 88.5 Å². The molecule has 214 valence electrons. The summed E-state index contributed by atoms with van der Waals surface area (Å²) in [5.74, 6) is 1.39. The molecule has 3 aromatic carbocycles. The number of ether oxygens (including phenoxy) is 3. The molecular weight excluding hydrogens is 502 g/mol. The van der Waals surface area contributed by atoms with Gasteiger partial charge in [0.25, 0.3) is 5.91 Å². The highest BCUT2D eigenvalue weighted by Gasteiger charge is 2.18. The average molecular weight is 546 g/mol. The molecule has 1 amide bonds. The molecular formula is C34H43NO5. The summed E-state index contributed by atoms with van der Waals surface area (Å²) in [5, 5.41) is 3.03. The van der Waals surface area contributed by atoms with Crippen LogP contribution in [0.25, 0.3) is 0 Å². The number of hydrogen-bond acceptors (Lipinski definition) is 5. The van der Waals surface area contributed by atoms with Crippen LogP contribution < -0.4 is 14.8 Å². The van der Waals surface area contributed by atoms with Crippen molar-refractivity contribution in [3.63, 3.8) is 0 Å². The van der Waals surface area contributed by atoms with Crippen LogP contribution in [0.5, 0.6) is 11.5 Å². The molecule has 6 heteroatoms. The first-order valence-corrected chi connectivity index (χ1v) is 14.3. The maximum absolute atomic E-state index is 13.2. The quantitative estimate of drug-likeness (QED) is 0.164. The fraction of sp³-hybridized carbons (Fsp3) is 0.412. The topological polar surface area (TPSA) is 73.9 Å². The molecule has 3 rings (SSSR count). The maximum Gasteiger partial charge on any atom is 0.305 e. The Morgan fingerprint density at radius 2 is 1.60 bits per heavy atom. The van der Waals surface area contributed by atoms with Gasteiger partial charge in [0.15, 0.2) is 0 Å². The molecule has 0 spiro atoms. The molecule has 6 nitrogen and oxygen atoms in total. The van der Waals surface area contributed by atoms with Gasteiger partial charge in [-0.1, -0.05) is 57.2 Å². The van der Waals surface area contributed by atoms with E-state index in [4.69, 9.17) is 14.2 Å². The first kappa shape index (κ1) is 30.7. The van der Waals surface area contributed by atoms with Gasteiger partial charge in [-0.2, -0.15) is 0 Å². The van der Waals surface area contributed by atoms with Crippen LogP contribution in [0.2, 0.25) is 0 Å². The standard InChI is InChI=1S/C34H43NO5/c1-7-30(27-17-15-26(16-18-27)22-23(3)4)40-31-20-19-29(24(5)25(31)6)35-34(37)28-12-9-10-13-32(28)39-21-11-14-33(36)38-8-2/h9-10,12-13,15-20,23,30H,7-8,11,14,21-22H2,1-6H3,(H,35,37). The zero-order valence-corrected chi connectivity index (χ0v) is 24.7. The van der Waals surface area contributed by atoms with Crippen LogP contribution in [0, 0.1) is 19.8 Å². The lowest BCUT2D eigenvalue weighted by Crippen LogP contribution is -2.15. The number of esters is 1. The van der Waals surface area contributed by atoms with Crippen LogP contribution in [0.4, 0.5) is 5.69 Å². The molecule has 0 saturated heterocycles. The molecule has 1 N–H and O–H groups in total. The highest BCUT2D eigenvalue weighted by atomic mass is 16.5. The Morgan fingerprint density at radius 1 is 0.875 bits per heavy atom. The number of para-hydroxylation sites is 1. The minimum atomic E-state index is -0.259. The van der Waals surface area contributed by atoms with Gasteiger partial charge in [0, 0.05) is 12.1 Å². The largest absolute Gasteiger partial charge is 0.493 e. The van der Waals surface area contributed by atoms with Gasteiger partial charge in [0.05, 0.1) is 18.8 Å². The fourth-order valence-electron chi connectivity index (χ4n) is 4.54. The summed E-state index contributed by atoms with van der Waals surface area (Å²) in [6.45, 7) is 13.0. The molecule has 3 aromatic rings. The van der Waals surface area contributed by atoms with E-state index in [2.05, 4.69) is 50.4 Å². The number of carbonyl (C=O) groups excluding carboxylic acids is 2. The number of carbonyl (C=O) groups is 2. The van der Waals surface area contributed by atoms with Gasteiger partial charge in [0.2, 0.25) is 0 Å². The molecule has 1 atom stereocenters. The third-order valence-corrected chi connectivity index (χ3v) is 6.84. The number of rotatable bonds is 14. The molecule has 0 aromatic heterocycles. The number of nitrogens with one attached hydrogen (secondary N) is 1. The normalized spacial score (nSPS) is 11.7. The predicted octanol–water partition coefficient (Wildman–Crippen LogP) is 8.01. The molecule has 0 aliphatic rings. The zero-order valence-electron chi connectivity index (χ0n) is 24.7. The summed E-state index contributed by atoms with van der Waals surface area (Å²) in [6, 6.07) is 19.6. The van der Waals surface area contributed by atoms with E-state index in [9.17, 15) is 9.59 Å². The lowest BCUT2D eigenvalue weighted by molar-refractivity contribution is -0.143. The summed E-state index contributed by atoms with van der Waals surface area (Å²) in [4.78, 5) is 24.8. The third-order valence-electron chi connectivity index (χ3n) is 6.84. The number of amides is 1. The van der Waals surface area contributed by atoms with Crippen molar-refractivity contribution in [1.82, 2.24) is 0 Å². The summed E-state index contributed by atoms with van der Waals surface area (Å²) >= 11 is 0. The van der Waals surface area contributed by atoms with E-state index in [-0.39, 0.29) is 24.4 Å². The van der Waals surface area contributed by atoms with E-state index in [1.807, 2.05) is 32.0 Å². The molecule has 0 fully saturated rings. The Bertz CT molecular complexity index is 1270. The van der Waals surface area contributed by atoms with Gasteiger partial charge in [-0.15, -0.1) is 0 Å². The second kappa shape index (κ2) is 15.1. The van der Waals surface area contributed by atoms with Crippen molar-refractivity contribution in [2.45, 2.75) is 73.3 Å². The fourth-order valence-corrected chi connectivity index (χ4v) is 4.54. The van der Waals surface area contributed by atoms with E-state index in [0.29, 0.717) is 36.9 Å². The van der Waals surface area contributed by atoms with Gasteiger partial charge in [-0.3, -0.25) is 9.59 Å². The predicted molar refractivity (Wildman–Crippen MR) is 160 cm³/mol. The van der Waals surface area contributed by atoms with Gasteiger partial charge < -0.3 is 19.5 Å². The molecule has 0 saturated carbocycles. The van der Waals surface area contributed by atoms with Crippen molar-refractivity contribution in [3.8, 4) is 11.5 Å². The van der Waals surface area contributed by atoms with E-state index < -0.39 is 0 Å². The summed E-state index contributed by atoms with van der Waals surface area (Å²) in [6.07, 6.45) is 2.64. The van der Waals surface area contributed by atoms with Crippen LogP contribution in [0.15, 0.2) is 60.7 Å². The highest BCUT2D eigenvalue weighted by molar-refractivity contribution is 6.06. The van der Waals surface area contributed by atoms with Crippen LogP contribution >= 0.6 is 0 Å². The SMILES string of the molecule is CCOC(=O)CCCOc1ccccc1C(=O)Nc1ccc(OC(CC)c2ccc(CC(C)C)cc2)c(C)c1C. The first-order chi connectivity index (χ1) is 19.2. The number of hydrogen-bond donors (Lipinski definition) is 1. The Kier molecular flexibility index (Phi) is 11.6. The highest BCUT2D eigenvalue weighted by Crippen LogP contribution is 2.33. The molecule has 40 heavy (non-hydrogen) atoms. The third kappa shape index (κ3) is 8.60. The lowest BCUT2D eigenvalue weighted by Gasteiger charge is -2.22. The van der Waals surface area contributed by atoms with Crippen LogP contribution in [-0.4, -0.2) is 25.1 Å². The summed E-state index contributed by atoms with van der Waals surface area (Å²) in [5.41, 5.74) is 5.57. The smallest absolute Gasteiger partial charge is 0.305 e. The van der Waals surface area contributed by atoms with Crippen LogP contribution in [0.1, 0.15) is 85.7 Å². The van der Waals surface area contributed by atoms with Crippen molar-refractivity contribution < 1.29 is 23.8 Å². The van der Waals surface area contributed by atoms with E-state index in [1.54, 1.807) is 25.1 Å². The lowest BCUT2D eigenvalue weighted by atomic mass is 9.99.